The Morgan fingerprint density at radius 2 is 2.04 bits per heavy atom. The molecule has 0 spiro atoms. The molecule has 2 aromatic rings. The topological polar surface area (TPSA) is 38.2 Å². The molecular weight excluding hydrogens is 325 g/mol. The number of benzene rings is 1. The fourth-order valence-corrected chi connectivity index (χ4v) is 3.23. The predicted molar refractivity (Wildman–Crippen MR) is 93.3 cm³/mol. The smallest absolute Gasteiger partial charge is 0.187 e. The third-order valence-electron chi connectivity index (χ3n) is 4.11. The number of aromatic nitrogens is 2. The van der Waals surface area contributed by atoms with Crippen LogP contribution in [0.1, 0.15) is 24.0 Å². The lowest BCUT2D eigenvalue weighted by molar-refractivity contribution is 0.0674. The summed E-state index contributed by atoms with van der Waals surface area (Å²) in [5.74, 6) is -0.163. The first-order valence-electron chi connectivity index (χ1n) is 8.17. The summed E-state index contributed by atoms with van der Waals surface area (Å²) >= 11 is 1.52. The molecule has 1 aromatic heterocycles. The number of hydrogen-bond donors (Lipinski definition) is 0. The van der Waals surface area contributed by atoms with Crippen LogP contribution in [0.3, 0.4) is 0 Å². The fourth-order valence-electron chi connectivity index (χ4n) is 2.92. The van der Waals surface area contributed by atoms with E-state index in [1.807, 2.05) is 30.8 Å². The Labute approximate surface area is 146 Å². The highest BCUT2D eigenvalue weighted by Crippen LogP contribution is 2.18. The number of rotatable bonds is 7. The summed E-state index contributed by atoms with van der Waals surface area (Å²) in [4.78, 5) is 10.9. The molecule has 128 valence electrons. The van der Waals surface area contributed by atoms with Crippen molar-refractivity contribution in [3.05, 3.63) is 53.6 Å². The first kappa shape index (κ1) is 17.3. The van der Waals surface area contributed by atoms with Crippen LogP contribution in [0.2, 0.25) is 0 Å². The molecule has 1 saturated heterocycles. The van der Waals surface area contributed by atoms with E-state index in [1.54, 1.807) is 6.07 Å². The number of hydrogen-bond acceptors (Lipinski definition) is 5. The third-order valence-corrected chi connectivity index (χ3v) is 4.68. The first-order valence-corrected chi connectivity index (χ1v) is 9.39. The Morgan fingerprint density at radius 3 is 2.71 bits per heavy atom. The minimum atomic E-state index is -0.163. The Balaban J connectivity index is 1.71. The van der Waals surface area contributed by atoms with Crippen LogP contribution in [0.4, 0.5) is 4.39 Å². The summed E-state index contributed by atoms with van der Waals surface area (Å²) in [7, 11) is 0. The van der Waals surface area contributed by atoms with Gasteiger partial charge in [-0.05, 0) is 25.2 Å². The van der Waals surface area contributed by atoms with Crippen LogP contribution in [0.5, 0.6) is 0 Å². The zero-order valence-electron chi connectivity index (χ0n) is 13.8. The zero-order valence-corrected chi connectivity index (χ0v) is 14.6. The van der Waals surface area contributed by atoms with Gasteiger partial charge in [0.2, 0.25) is 0 Å². The maximum Gasteiger partial charge on any atom is 0.187 e. The summed E-state index contributed by atoms with van der Waals surface area (Å²) in [5, 5.41) is 0.763. The molecule has 0 N–H and O–H groups in total. The van der Waals surface area contributed by atoms with Gasteiger partial charge in [0.05, 0.1) is 6.10 Å². The van der Waals surface area contributed by atoms with E-state index < -0.39 is 0 Å². The second-order valence-corrected chi connectivity index (χ2v) is 6.75. The minimum Gasteiger partial charge on any atom is -0.377 e. The highest BCUT2D eigenvalue weighted by molar-refractivity contribution is 7.98. The van der Waals surface area contributed by atoms with Crippen molar-refractivity contribution in [2.24, 2.45) is 0 Å². The van der Waals surface area contributed by atoms with Gasteiger partial charge in [-0.25, -0.2) is 14.4 Å². The van der Waals surface area contributed by atoms with Gasteiger partial charge in [-0.2, -0.15) is 0 Å². The molecule has 1 atom stereocenters. The van der Waals surface area contributed by atoms with Gasteiger partial charge in [0, 0.05) is 49.8 Å². The van der Waals surface area contributed by atoms with Gasteiger partial charge in [-0.1, -0.05) is 30.0 Å². The van der Waals surface area contributed by atoms with Gasteiger partial charge in [0.15, 0.2) is 5.16 Å². The number of halogens is 1. The lowest BCUT2D eigenvalue weighted by atomic mass is 10.1. The van der Waals surface area contributed by atoms with Gasteiger partial charge in [0.1, 0.15) is 5.82 Å². The van der Waals surface area contributed by atoms with Crippen molar-refractivity contribution >= 4 is 11.8 Å². The van der Waals surface area contributed by atoms with E-state index >= 15 is 0 Å². The summed E-state index contributed by atoms with van der Waals surface area (Å²) in [6.07, 6.45) is 8.05. The quantitative estimate of drug-likeness (QED) is 0.566. The molecule has 0 aliphatic carbocycles. The standard InChI is InChI=1S/C18H22FN3OS/c1-24-18-20-9-14(10-21-18)11-22(13-16-6-4-8-23-16)12-15-5-2-3-7-17(15)19/h2-3,5,7,9-10,16H,4,6,8,11-13H2,1H3/t16-/m1/s1. The second kappa shape index (κ2) is 8.55. The van der Waals surface area contributed by atoms with Gasteiger partial charge in [0.25, 0.3) is 0 Å². The van der Waals surface area contributed by atoms with Crippen LogP contribution in [0.15, 0.2) is 41.8 Å². The highest BCUT2D eigenvalue weighted by Gasteiger charge is 2.20. The van der Waals surface area contributed by atoms with Crippen molar-refractivity contribution < 1.29 is 9.13 Å². The van der Waals surface area contributed by atoms with Crippen LogP contribution in [-0.4, -0.2) is 40.4 Å². The van der Waals surface area contributed by atoms with Gasteiger partial charge in [-0.15, -0.1) is 0 Å². The van der Waals surface area contributed by atoms with E-state index in [1.165, 1.54) is 17.8 Å². The molecular formula is C18H22FN3OS. The molecule has 4 nitrogen and oxygen atoms in total. The molecule has 2 heterocycles. The lowest BCUT2D eigenvalue weighted by Gasteiger charge is -2.25. The SMILES string of the molecule is CSc1ncc(CN(Cc2ccccc2F)C[C@H]2CCCO2)cn1. The van der Waals surface area contributed by atoms with E-state index in [0.29, 0.717) is 18.7 Å². The van der Waals surface area contributed by atoms with Crippen LogP contribution in [0, 0.1) is 5.82 Å². The summed E-state index contributed by atoms with van der Waals surface area (Å²) in [5.41, 5.74) is 1.74. The Bertz CT molecular complexity index is 647. The first-order chi connectivity index (χ1) is 11.7. The van der Waals surface area contributed by atoms with Crippen molar-refractivity contribution in [2.75, 3.05) is 19.4 Å². The summed E-state index contributed by atoms with van der Waals surface area (Å²) in [6.45, 7) is 2.85. The van der Waals surface area contributed by atoms with Crippen molar-refractivity contribution in [3.8, 4) is 0 Å². The normalized spacial score (nSPS) is 17.5. The predicted octanol–water partition coefficient (Wildman–Crippen LogP) is 3.52. The number of nitrogens with zero attached hydrogens (tertiary/aromatic N) is 3. The number of ether oxygens (including phenoxy) is 1. The molecule has 24 heavy (non-hydrogen) atoms. The third kappa shape index (κ3) is 4.75. The molecule has 1 fully saturated rings. The van der Waals surface area contributed by atoms with Crippen LogP contribution in [-0.2, 0) is 17.8 Å². The Hall–Kier alpha value is -1.50. The zero-order chi connectivity index (χ0) is 16.8. The fraction of sp³-hybridized carbons (Fsp3) is 0.444. The van der Waals surface area contributed by atoms with Gasteiger partial charge < -0.3 is 4.74 Å². The van der Waals surface area contributed by atoms with E-state index in [4.69, 9.17) is 4.74 Å². The molecule has 3 rings (SSSR count). The van der Waals surface area contributed by atoms with Crippen LogP contribution >= 0.6 is 11.8 Å². The van der Waals surface area contributed by atoms with Crippen molar-refractivity contribution in [2.45, 2.75) is 37.2 Å². The molecule has 0 unspecified atom stereocenters. The maximum absolute atomic E-state index is 14.0. The monoisotopic (exact) mass is 347 g/mol. The molecule has 0 bridgehead atoms. The van der Waals surface area contributed by atoms with E-state index in [0.717, 1.165) is 36.7 Å². The van der Waals surface area contributed by atoms with Crippen molar-refractivity contribution in [3.63, 3.8) is 0 Å². The largest absolute Gasteiger partial charge is 0.377 e. The van der Waals surface area contributed by atoms with Gasteiger partial charge in [-0.3, -0.25) is 4.90 Å². The average Bonchev–Trinajstić information content (AvgIpc) is 3.10. The van der Waals surface area contributed by atoms with Crippen molar-refractivity contribution in [1.82, 2.24) is 14.9 Å². The summed E-state index contributed by atoms with van der Waals surface area (Å²) in [6, 6.07) is 6.94. The van der Waals surface area contributed by atoms with Crippen LogP contribution in [0.25, 0.3) is 0 Å². The van der Waals surface area contributed by atoms with E-state index in [-0.39, 0.29) is 11.9 Å². The molecule has 6 heteroatoms. The highest BCUT2D eigenvalue weighted by atomic mass is 32.2. The molecule has 0 radical (unpaired) electrons. The average molecular weight is 347 g/mol. The van der Waals surface area contributed by atoms with Crippen LogP contribution < -0.4 is 0 Å². The Kier molecular flexibility index (Phi) is 6.18. The molecule has 0 amide bonds. The molecule has 1 aliphatic heterocycles. The van der Waals surface area contributed by atoms with E-state index in [2.05, 4.69) is 14.9 Å². The molecule has 1 aliphatic rings. The Morgan fingerprint density at radius 1 is 1.25 bits per heavy atom. The van der Waals surface area contributed by atoms with Gasteiger partial charge >= 0.3 is 0 Å². The molecule has 0 saturated carbocycles. The minimum absolute atomic E-state index is 0.163. The maximum atomic E-state index is 14.0. The molecule has 1 aromatic carbocycles. The number of thioether (sulfide) groups is 1. The summed E-state index contributed by atoms with van der Waals surface area (Å²) < 4.78 is 19.8. The lowest BCUT2D eigenvalue weighted by Crippen LogP contribution is -2.31. The van der Waals surface area contributed by atoms with Crippen molar-refractivity contribution in [1.29, 1.82) is 0 Å². The van der Waals surface area contributed by atoms with E-state index in [9.17, 15) is 4.39 Å². The second-order valence-electron chi connectivity index (χ2n) is 5.97.